The van der Waals surface area contributed by atoms with Gasteiger partial charge in [0, 0.05) is 10.7 Å². The van der Waals surface area contributed by atoms with Crippen LogP contribution in [0.2, 0.25) is 0 Å². The van der Waals surface area contributed by atoms with Crippen LogP contribution < -0.4 is 5.32 Å². The highest BCUT2D eigenvalue weighted by molar-refractivity contribution is 9.10. The molecule has 1 N–H and O–H groups in total. The first-order chi connectivity index (χ1) is 10.1. The van der Waals surface area contributed by atoms with Crippen LogP contribution in [0.1, 0.15) is 22.1 Å². The zero-order chi connectivity index (χ0) is 15.2. The fourth-order valence-electron chi connectivity index (χ4n) is 1.76. The fourth-order valence-corrected chi connectivity index (χ4v) is 1.99. The van der Waals surface area contributed by atoms with Crippen molar-refractivity contribution in [3.63, 3.8) is 0 Å². The Morgan fingerprint density at radius 2 is 1.90 bits per heavy atom. The number of benzene rings is 1. The molecule has 21 heavy (non-hydrogen) atoms. The fraction of sp³-hybridized carbons (Fsp3) is 0.133. The van der Waals surface area contributed by atoms with Gasteiger partial charge in [0.25, 0.3) is 5.91 Å². The molecule has 0 aliphatic rings. The third kappa shape index (κ3) is 3.88. The Balaban J connectivity index is 2.21. The lowest BCUT2D eigenvalue weighted by atomic mass is 10.1. The van der Waals surface area contributed by atoms with Crippen LogP contribution in [0.4, 0.5) is 0 Å². The van der Waals surface area contributed by atoms with Crippen molar-refractivity contribution in [3.8, 4) is 0 Å². The van der Waals surface area contributed by atoms with Gasteiger partial charge in [-0.05, 0) is 33.6 Å². The summed E-state index contributed by atoms with van der Waals surface area (Å²) in [6, 6.07) is 11.3. The minimum Gasteiger partial charge on any atom is -0.467 e. The average Bonchev–Trinajstić information content (AvgIpc) is 2.53. The number of nitrogens with one attached hydrogen (secondary N) is 1. The molecule has 108 valence electrons. The number of methoxy groups -OCH3 is 1. The van der Waals surface area contributed by atoms with E-state index >= 15 is 0 Å². The predicted octanol–water partition coefficient (Wildman–Crippen LogP) is 2.49. The van der Waals surface area contributed by atoms with Gasteiger partial charge in [-0.15, -0.1) is 0 Å². The van der Waals surface area contributed by atoms with E-state index < -0.39 is 17.9 Å². The van der Waals surface area contributed by atoms with Crippen LogP contribution in [0.15, 0.2) is 53.1 Å². The highest BCUT2D eigenvalue weighted by atomic mass is 79.9. The van der Waals surface area contributed by atoms with Gasteiger partial charge in [-0.25, -0.2) is 9.78 Å². The zero-order valence-corrected chi connectivity index (χ0v) is 12.8. The molecule has 0 bridgehead atoms. The molecule has 0 aliphatic heterocycles. The smallest absolute Gasteiger partial charge is 0.333 e. The van der Waals surface area contributed by atoms with Crippen LogP contribution in [-0.4, -0.2) is 24.0 Å². The Hall–Kier alpha value is -2.21. The molecule has 1 amide bonds. The second-order valence-electron chi connectivity index (χ2n) is 4.20. The number of rotatable bonds is 4. The largest absolute Gasteiger partial charge is 0.467 e. The topological polar surface area (TPSA) is 68.3 Å². The van der Waals surface area contributed by atoms with E-state index in [1.165, 1.54) is 13.3 Å². The molecule has 6 heteroatoms. The summed E-state index contributed by atoms with van der Waals surface area (Å²) >= 11 is 3.25. The van der Waals surface area contributed by atoms with Crippen molar-refractivity contribution in [2.24, 2.45) is 0 Å². The summed E-state index contributed by atoms with van der Waals surface area (Å²) in [6.45, 7) is 0. The van der Waals surface area contributed by atoms with Gasteiger partial charge in [-0.1, -0.05) is 30.3 Å². The molecule has 2 aromatic rings. The first-order valence-electron chi connectivity index (χ1n) is 6.17. The van der Waals surface area contributed by atoms with Crippen LogP contribution >= 0.6 is 15.9 Å². The van der Waals surface area contributed by atoms with E-state index in [-0.39, 0.29) is 5.69 Å². The lowest BCUT2D eigenvalue weighted by molar-refractivity contribution is -0.143. The quantitative estimate of drug-likeness (QED) is 0.862. The summed E-state index contributed by atoms with van der Waals surface area (Å²) in [5.74, 6) is -0.978. The van der Waals surface area contributed by atoms with E-state index in [1.54, 1.807) is 36.4 Å². The van der Waals surface area contributed by atoms with E-state index in [9.17, 15) is 9.59 Å². The normalized spacial score (nSPS) is 11.5. The minimum absolute atomic E-state index is 0.225. The van der Waals surface area contributed by atoms with Crippen molar-refractivity contribution in [2.45, 2.75) is 6.04 Å². The van der Waals surface area contributed by atoms with Crippen molar-refractivity contribution in [2.75, 3.05) is 7.11 Å². The Labute approximate surface area is 130 Å². The van der Waals surface area contributed by atoms with Gasteiger partial charge in [-0.2, -0.15) is 0 Å². The number of hydrogen-bond acceptors (Lipinski definition) is 4. The Bertz CT molecular complexity index is 629. The summed E-state index contributed by atoms with van der Waals surface area (Å²) in [5, 5.41) is 2.63. The number of esters is 1. The minimum atomic E-state index is -0.867. The summed E-state index contributed by atoms with van der Waals surface area (Å²) in [4.78, 5) is 28.0. The summed E-state index contributed by atoms with van der Waals surface area (Å²) in [6.07, 6.45) is 1.52. The Morgan fingerprint density at radius 3 is 2.48 bits per heavy atom. The zero-order valence-electron chi connectivity index (χ0n) is 11.2. The molecule has 0 saturated carbocycles. The summed E-state index contributed by atoms with van der Waals surface area (Å²) in [5.41, 5.74) is 0.873. The first kappa shape index (κ1) is 15.2. The number of hydrogen-bond donors (Lipinski definition) is 1. The van der Waals surface area contributed by atoms with Gasteiger partial charge in [0.2, 0.25) is 0 Å². The van der Waals surface area contributed by atoms with Gasteiger partial charge in [-0.3, -0.25) is 4.79 Å². The highest BCUT2D eigenvalue weighted by Crippen LogP contribution is 2.15. The molecule has 0 spiro atoms. The van der Waals surface area contributed by atoms with E-state index in [2.05, 4.69) is 26.2 Å². The molecule has 0 radical (unpaired) electrons. The second kappa shape index (κ2) is 6.99. The van der Waals surface area contributed by atoms with E-state index in [0.717, 1.165) is 4.47 Å². The summed E-state index contributed by atoms with van der Waals surface area (Å²) in [7, 11) is 1.28. The number of carbonyl (C=O) groups excluding carboxylic acids is 2. The number of aromatic nitrogens is 1. The molecule has 1 aromatic heterocycles. The van der Waals surface area contributed by atoms with Crippen molar-refractivity contribution < 1.29 is 14.3 Å². The van der Waals surface area contributed by atoms with Crippen molar-refractivity contribution in [1.82, 2.24) is 10.3 Å². The standard InChI is InChI=1S/C15H13BrN2O3/c1-21-15(20)13(10-5-3-2-4-6-10)18-14(19)12-8-7-11(16)9-17-12/h2-9,13H,1H3,(H,18,19). The van der Waals surface area contributed by atoms with E-state index in [1.807, 2.05) is 6.07 Å². The molecule has 0 saturated heterocycles. The molecule has 1 atom stereocenters. The molecular weight excluding hydrogens is 336 g/mol. The van der Waals surface area contributed by atoms with Crippen LogP contribution in [0, 0.1) is 0 Å². The maximum absolute atomic E-state index is 12.2. The molecule has 1 heterocycles. The van der Waals surface area contributed by atoms with Crippen LogP contribution in [-0.2, 0) is 9.53 Å². The molecule has 1 unspecified atom stereocenters. The van der Waals surface area contributed by atoms with Crippen molar-refractivity contribution >= 4 is 27.8 Å². The van der Waals surface area contributed by atoms with Gasteiger partial charge in [0.05, 0.1) is 7.11 Å². The molecule has 1 aromatic carbocycles. The van der Waals surface area contributed by atoms with Crippen LogP contribution in [0.3, 0.4) is 0 Å². The van der Waals surface area contributed by atoms with Gasteiger partial charge < -0.3 is 10.1 Å². The Morgan fingerprint density at radius 1 is 1.19 bits per heavy atom. The number of pyridine rings is 1. The lowest BCUT2D eigenvalue weighted by Gasteiger charge is -2.16. The number of ether oxygens (including phenoxy) is 1. The van der Waals surface area contributed by atoms with Crippen LogP contribution in [0.5, 0.6) is 0 Å². The SMILES string of the molecule is COC(=O)C(NC(=O)c1ccc(Br)cn1)c1ccccc1. The molecule has 0 aliphatic carbocycles. The van der Waals surface area contributed by atoms with Gasteiger partial charge in [0.1, 0.15) is 5.69 Å². The number of carbonyl (C=O) groups is 2. The lowest BCUT2D eigenvalue weighted by Crippen LogP contribution is -2.34. The van der Waals surface area contributed by atoms with Crippen LogP contribution in [0.25, 0.3) is 0 Å². The predicted molar refractivity (Wildman–Crippen MR) is 80.6 cm³/mol. The second-order valence-corrected chi connectivity index (χ2v) is 5.12. The molecule has 5 nitrogen and oxygen atoms in total. The third-order valence-corrected chi connectivity index (χ3v) is 3.27. The first-order valence-corrected chi connectivity index (χ1v) is 6.96. The highest BCUT2D eigenvalue weighted by Gasteiger charge is 2.24. The van der Waals surface area contributed by atoms with Gasteiger partial charge >= 0.3 is 5.97 Å². The monoisotopic (exact) mass is 348 g/mol. The van der Waals surface area contributed by atoms with E-state index in [4.69, 9.17) is 4.74 Å². The maximum Gasteiger partial charge on any atom is 0.333 e. The summed E-state index contributed by atoms with van der Waals surface area (Å²) < 4.78 is 5.51. The molecule has 0 fully saturated rings. The Kier molecular flexibility index (Phi) is 5.05. The molecular formula is C15H13BrN2O3. The average molecular weight is 349 g/mol. The van der Waals surface area contributed by atoms with Gasteiger partial charge in [0.15, 0.2) is 6.04 Å². The third-order valence-electron chi connectivity index (χ3n) is 2.81. The number of halogens is 1. The number of nitrogens with zero attached hydrogens (tertiary/aromatic N) is 1. The van der Waals surface area contributed by atoms with Crippen molar-refractivity contribution in [1.29, 1.82) is 0 Å². The molecule has 2 rings (SSSR count). The maximum atomic E-state index is 12.2. The van der Waals surface area contributed by atoms with Crippen molar-refractivity contribution in [3.05, 3.63) is 64.4 Å². The van der Waals surface area contributed by atoms with E-state index in [0.29, 0.717) is 5.56 Å². The number of amides is 1.